The molecule has 13 nitrogen and oxygen atoms in total. The molecular weight excluding hydrogens is 467 g/mol. The van der Waals surface area contributed by atoms with E-state index in [1.54, 1.807) is 13.8 Å². The quantitative estimate of drug-likeness (QED) is 0.0954. The summed E-state index contributed by atoms with van der Waals surface area (Å²) in [5.41, 5.74) is 0. The van der Waals surface area contributed by atoms with Crippen LogP contribution in [0.5, 0.6) is 0 Å². The van der Waals surface area contributed by atoms with Crippen LogP contribution in [0.1, 0.15) is 46.0 Å². The average Bonchev–Trinajstić information content (AvgIpc) is 2.74. The Morgan fingerprint density at radius 1 is 1.24 bits per heavy atom. The van der Waals surface area contributed by atoms with Gasteiger partial charge in [0.25, 0.3) is 0 Å². The van der Waals surface area contributed by atoms with Gasteiger partial charge in [-0.1, -0.05) is 13.8 Å². The van der Waals surface area contributed by atoms with Crippen LogP contribution in [0.2, 0.25) is 0 Å². The molecule has 0 aromatic heterocycles. The summed E-state index contributed by atoms with van der Waals surface area (Å²) in [6.07, 6.45) is -6.30. The van der Waals surface area contributed by atoms with Crippen LogP contribution in [0.25, 0.3) is 0 Å². The predicted molar refractivity (Wildman–Crippen MR) is 111 cm³/mol. The highest BCUT2D eigenvalue weighted by molar-refractivity contribution is 5.88. The number of rotatable bonds is 16. The van der Waals surface area contributed by atoms with E-state index in [1.165, 1.54) is 14.1 Å². The second-order valence-corrected chi connectivity index (χ2v) is 8.06. The summed E-state index contributed by atoms with van der Waals surface area (Å²) >= 11 is 0. The average molecular weight is 499 g/mol. The molecule has 0 aliphatic carbocycles. The molecule has 34 heavy (non-hydrogen) atoms. The maximum Gasteiger partial charge on any atom is 0.389 e. The van der Waals surface area contributed by atoms with Crippen LogP contribution in [-0.4, -0.2) is 77.4 Å². The fourth-order valence-electron chi connectivity index (χ4n) is 3.25. The van der Waals surface area contributed by atoms with Gasteiger partial charge in [-0.25, -0.2) is 5.06 Å². The Balaban J connectivity index is 5.52. The van der Waals surface area contributed by atoms with Crippen molar-refractivity contribution in [1.29, 1.82) is 0 Å². The first-order valence-corrected chi connectivity index (χ1v) is 10.5. The van der Waals surface area contributed by atoms with E-state index in [-0.39, 0.29) is 43.2 Å². The molecule has 0 heterocycles. The Morgan fingerprint density at radius 2 is 1.85 bits per heavy atom. The first-order valence-electron chi connectivity index (χ1n) is 10.5. The minimum atomic E-state index is -4.57. The summed E-state index contributed by atoms with van der Waals surface area (Å²) in [6, 6.07) is -2.54. The lowest BCUT2D eigenvalue weighted by Crippen LogP contribution is -2.52. The number of carbonyl (C=O) groups excluding carboxylic acids is 3. The first kappa shape index (κ1) is 31.0. The molecule has 0 saturated carbocycles. The lowest BCUT2D eigenvalue weighted by Gasteiger charge is -2.32. The van der Waals surface area contributed by atoms with Crippen molar-refractivity contribution in [3.05, 3.63) is 10.1 Å². The highest BCUT2D eigenvalue weighted by Gasteiger charge is 2.38. The van der Waals surface area contributed by atoms with E-state index in [2.05, 4.69) is 21.1 Å². The second kappa shape index (κ2) is 15.0. The van der Waals surface area contributed by atoms with Gasteiger partial charge < -0.3 is 20.7 Å². The Labute approximate surface area is 194 Å². The summed E-state index contributed by atoms with van der Waals surface area (Å²) in [7, 11) is 2.75. The number of carbonyl (C=O) groups is 3. The van der Waals surface area contributed by atoms with E-state index >= 15 is 0 Å². The van der Waals surface area contributed by atoms with E-state index in [0.717, 1.165) is 5.01 Å². The lowest BCUT2D eigenvalue weighted by molar-refractivity contribution is -0.496. The van der Waals surface area contributed by atoms with Crippen LogP contribution in [-0.2, 0) is 14.4 Å². The molecule has 0 spiro atoms. The summed E-state index contributed by atoms with van der Waals surface area (Å²) in [5.74, 6) is -2.77. The molecule has 0 unspecified atom stereocenters. The van der Waals surface area contributed by atoms with Crippen LogP contribution in [0.15, 0.2) is 10.4 Å². The number of amides is 3. The summed E-state index contributed by atoms with van der Waals surface area (Å²) in [6.45, 7) is 3.59. The Hall–Kier alpha value is -3.04. The lowest BCUT2D eigenvalue weighted by atomic mass is 9.86. The molecule has 0 aliphatic rings. The first-order chi connectivity index (χ1) is 15.7. The van der Waals surface area contributed by atoms with Gasteiger partial charge in [0, 0.05) is 20.5 Å². The van der Waals surface area contributed by atoms with Crippen LogP contribution in [0, 0.1) is 22.0 Å². The zero-order chi connectivity index (χ0) is 26.5. The molecule has 3 N–H and O–H groups in total. The molecule has 0 aromatic rings. The maximum atomic E-state index is 13.0. The highest BCUT2D eigenvalue weighted by Crippen LogP contribution is 2.28. The molecule has 16 heteroatoms. The van der Waals surface area contributed by atoms with E-state index in [0.29, 0.717) is 0 Å². The number of likely N-dealkylation sites (N-methyl/N-ethyl adjacent to an activating group) is 1. The van der Waals surface area contributed by atoms with Crippen molar-refractivity contribution in [2.75, 3.05) is 20.6 Å². The van der Waals surface area contributed by atoms with Crippen molar-refractivity contribution in [2.45, 2.75) is 64.2 Å². The largest absolute Gasteiger partial charge is 0.389 e. The van der Waals surface area contributed by atoms with Crippen LogP contribution in [0.4, 0.5) is 13.2 Å². The van der Waals surface area contributed by atoms with E-state index < -0.39 is 53.9 Å². The van der Waals surface area contributed by atoms with Crippen molar-refractivity contribution in [1.82, 2.24) is 20.7 Å². The Kier molecular flexibility index (Phi) is 13.6. The highest BCUT2D eigenvalue weighted by atomic mass is 19.4. The molecule has 196 valence electrons. The summed E-state index contributed by atoms with van der Waals surface area (Å²) in [4.78, 5) is 46.6. The van der Waals surface area contributed by atoms with Crippen LogP contribution in [0.3, 0.4) is 0 Å². The molecule has 0 aromatic carbocycles. The van der Waals surface area contributed by atoms with Crippen molar-refractivity contribution in [3.63, 3.8) is 0 Å². The van der Waals surface area contributed by atoms with E-state index in [4.69, 9.17) is 0 Å². The molecule has 0 aliphatic heterocycles. The minimum absolute atomic E-state index is 0.0454. The number of alkyl halides is 3. The minimum Gasteiger partial charge on any atom is -0.357 e. The molecular formula is C18H32F3N7O6. The predicted octanol–water partition coefficient (Wildman–Crippen LogP) is 1.71. The van der Waals surface area contributed by atoms with Gasteiger partial charge in [-0.15, -0.1) is 0 Å². The maximum absolute atomic E-state index is 13.0. The Morgan fingerprint density at radius 3 is 2.32 bits per heavy atom. The van der Waals surface area contributed by atoms with Gasteiger partial charge in [0.05, 0.1) is 23.5 Å². The monoisotopic (exact) mass is 499 g/mol. The van der Waals surface area contributed by atoms with Gasteiger partial charge in [0.15, 0.2) is 5.22 Å². The molecule has 0 fully saturated rings. The second-order valence-electron chi connectivity index (χ2n) is 8.06. The fraction of sp³-hybridized carbons (Fsp3) is 0.833. The molecule has 0 rings (SSSR count). The van der Waals surface area contributed by atoms with Crippen molar-refractivity contribution < 1.29 is 37.8 Å². The number of nitro groups is 1. The van der Waals surface area contributed by atoms with Gasteiger partial charge in [0.2, 0.25) is 23.4 Å². The van der Waals surface area contributed by atoms with E-state index in [9.17, 15) is 42.9 Å². The summed E-state index contributed by atoms with van der Waals surface area (Å²) in [5, 5.41) is 31.3. The number of nitrogens with one attached hydrogen (secondary N) is 2. The van der Waals surface area contributed by atoms with Gasteiger partial charge in [0.1, 0.15) is 6.04 Å². The number of hydrogen-bond acceptors (Lipinski definition) is 7. The van der Waals surface area contributed by atoms with E-state index in [1.807, 2.05) is 0 Å². The number of nitrogens with zero attached hydrogens (tertiary/aromatic N) is 5. The number of hydroxylamine groups is 2. The molecule has 3 amide bonds. The number of hydrogen-bond donors (Lipinski definition) is 3. The van der Waals surface area contributed by atoms with Crippen molar-refractivity contribution in [2.24, 2.45) is 22.3 Å². The van der Waals surface area contributed by atoms with Crippen molar-refractivity contribution in [3.8, 4) is 0 Å². The van der Waals surface area contributed by atoms with Crippen LogP contribution >= 0.6 is 0 Å². The summed E-state index contributed by atoms with van der Waals surface area (Å²) < 4.78 is 38.3. The molecule has 0 saturated heterocycles. The number of halogens is 3. The van der Waals surface area contributed by atoms with Crippen molar-refractivity contribution >= 4 is 18.2 Å². The zero-order valence-electron chi connectivity index (χ0n) is 19.5. The van der Waals surface area contributed by atoms with Gasteiger partial charge in [-0.05, 0) is 31.6 Å². The van der Waals surface area contributed by atoms with Gasteiger partial charge in [-0.3, -0.25) is 19.6 Å². The molecule has 3 atom stereocenters. The molecule has 0 bridgehead atoms. The smallest absolute Gasteiger partial charge is 0.357 e. The fourth-order valence-corrected chi connectivity index (χ4v) is 3.25. The normalized spacial score (nSPS) is 14.4. The molecule has 0 radical (unpaired) electrons. The zero-order valence-corrected chi connectivity index (χ0v) is 19.5. The van der Waals surface area contributed by atoms with Crippen LogP contribution < -0.4 is 10.6 Å². The topological polar surface area (TPSA) is 170 Å². The Bertz CT molecular complexity index is 708. The third-order valence-electron chi connectivity index (χ3n) is 4.82. The SMILES string of the molecule is CNC(=O)[C@H](CCCN(C)N=N[N+](=O)[O-])NC(=O)[C@H](CC(C)C)[C@H](CCC(F)(F)F)N(O)C=O. The van der Waals surface area contributed by atoms with Gasteiger partial charge >= 0.3 is 6.18 Å². The third-order valence-corrected chi connectivity index (χ3v) is 4.82. The van der Waals surface area contributed by atoms with Gasteiger partial charge in [-0.2, -0.15) is 18.2 Å². The standard InChI is InChI=1S/C18H32F3N7O6/c1-12(2)10-13(15(27(32)11-29)7-8-18(19,20)21)16(30)23-14(17(31)22-3)6-5-9-26(4)24-25-28(33)34/h11-15,32H,5-10H2,1-4H3,(H,22,31)(H,23,30)/t13-,14+,15+/m1/s1. The third kappa shape index (κ3) is 12.9.